The smallest absolute Gasteiger partial charge is 0.274 e. The Bertz CT molecular complexity index is 658. The van der Waals surface area contributed by atoms with Gasteiger partial charge in [0.05, 0.1) is 17.3 Å². The summed E-state index contributed by atoms with van der Waals surface area (Å²) in [5.74, 6) is -0.965. The molecule has 20 heavy (non-hydrogen) atoms. The summed E-state index contributed by atoms with van der Waals surface area (Å²) < 4.78 is 31.8. The van der Waals surface area contributed by atoms with E-state index in [1.165, 1.54) is 6.07 Å². The van der Waals surface area contributed by atoms with E-state index in [-0.39, 0.29) is 5.56 Å². The van der Waals surface area contributed by atoms with Crippen molar-refractivity contribution >= 4 is 12.1 Å². The normalized spacial score (nSPS) is 11.0. The Morgan fingerprint density at radius 3 is 2.50 bits per heavy atom. The van der Waals surface area contributed by atoms with Gasteiger partial charge in [0.1, 0.15) is 23.2 Å². The van der Waals surface area contributed by atoms with Crippen molar-refractivity contribution in [2.45, 2.75) is 13.8 Å². The van der Waals surface area contributed by atoms with E-state index in [9.17, 15) is 13.6 Å². The molecule has 0 fully saturated rings. The van der Waals surface area contributed by atoms with E-state index in [4.69, 9.17) is 4.42 Å². The molecule has 0 aliphatic heterocycles. The highest BCUT2D eigenvalue weighted by Crippen LogP contribution is 2.13. The number of furan rings is 1. The number of benzene rings is 1. The van der Waals surface area contributed by atoms with Crippen LogP contribution in [-0.2, 0) is 0 Å². The first-order valence-electron chi connectivity index (χ1n) is 5.83. The lowest BCUT2D eigenvalue weighted by Crippen LogP contribution is -2.18. The van der Waals surface area contributed by atoms with Gasteiger partial charge in [-0.3, -0.25) is 4.79 Å². The van der Waals surface area contributed by atoms with Crippen LogP contribution in [0.3, 0.4) is 0 Å². The van der Waals surface area contributed by atoms with Crippen LogP contribution in [0.15, 0.2) is 33.8 Å². The quantitative estimate of drug-likeness (QED) is 0.693. The molecule has 1 aromatic heterocycles. The van der Waals surface area contributed by atoms with Crippen LogP contribution in [-0.4, -0.2) is 12.1 Å². The van der Waals surface area contributed by atoms with Gasteiger partial charge < -0.3 is 4.42 Å². The van der Waals surface area contributed by atoms with Gasteiger partial charge in [-0.2, -0.15) is 5.10 Å². The molecule has 0 bridgehead atoms. The van der Waals surface area contributed by atoms with Gasteiger partial charge in [-0.15, -0.1) is 0 Å². The summed E-state index contributed by atoms with van der Waals surface area (Å²) in [5.41, 5.74) is 2.21. The maximum Gasteiger partial charge on any atom is 0.274 e. The first-order chi connectivity index (χ1) is 9.49. The van der Waals surface area contributed by atoms with Gasteiger partial charge in [0.25, 0.3) is 5.91 Å². The van der Waals surface area contributed by atoms with Crippen LogP contribution in [0.25, 0.3) is 0 Å². The number of hydrazone groups is 1. The van der Waals surface area contributed by atoms with E-state index in [2.05, 4.69) is 10.5 Å². The number of nitrogens with one attached hydrogen (secondary N) is 1. The fourth-order valence-electron chi connectivity index (χ4n) is 1.71. The van der Waals surface area contributed by atoms with E-state index in [1.54, 1.807) is 19.9 Å². The summed E-state index contributed by atoms with van der Waals surface area (Å²) in [6, 6.07) is 5.02. The van der Waals surface area contributed by atoms with Crippen molar-refractivity contribution in [1.82, 2.24) is 5.43 Å². The lowest BCUT2D eigenvalue weighted by molar-refractivity contribution is 0.0953. The fourth-order valence-corrected chi connectivity index (χ4v) is 1.71. The molecule has 0 aliphatic rings. The molecule has 0 unspecified atom stereocenters. The van der Waals surface area contributed by atoms with Crippen molar-refractivity contribution < 1.29 is 18.0 Å². The molecule has 1 heterocycles. The molecule has 104 valence electrons. The zero-order valence-corrected chi connectivity index (χ0v) is 10.9. The Kier molecular flexibility index (Phi) is 3.93. The van der Waals surface area contributed by atoms with Gasteiger partial charge in [0.15, 0.2) is 0 Å². The summed E-state index contributed by atoms with van der Waals surface area (Å²) in [7, 11) is 0. The van der Waals surface area contributed by atoms with Crippen molar-refractivity contribution in [2.24, 2.45) is 5.10 Å². The summed E-state index contributed by atoms with van der Waals surface area (Å²) in [6.07, 6.45) is 0.921. The van der Waals surface area contributed by atoms with Gasteiger partial charge in [-0.25, -0.2) is 14.2 Å². The molecular formula is C14H12F2N2O2. The van der Waals surface area contributed by atoms with Crippen molar-refractivity contribution in [3.05, 3.63) is 58.5 Å². The van der Waals surface area contributed by atoms with Crippen LogP contribution in [0.5, 0.6) is 0 Å². The van der Waals surface area contributed by atoms with Gasteiger partial charge in [0.2, 0.25) is 0 Å². The molecule has 0 aliphatic carbocycles. The van der Waals surface area contributed by atoms with Crippen molar-refractivity contribution in [3.8, 4) is 0 Å². The van der Waals surface area contributed by atoms with Crippen molar-refractivity contribution in [2.75, 3.05) is 0 Å². The molecule has 1 amide bonds. The Balaban J connectivity index is 2.11. The first kappa shape index (κ1) is 13.9. The Labute approximate surface area is 114 Å². The second-order valence-corrected chi connectivity index (χ2v) is 4.16. The van der Waals surface area contributed by atoms with Crippen LogP contribution in [0.2, 0.25) is 0 Å². The van der Waals surface area contributed by atoms with E-state index >= 15 is 0 Å². The molecule has 0 saturated heterocycles. The number of rotatable bonds is 3. The summed E-state index contributed by atoms with van der Waals surface area (Å²) in [4.78, 5) is 11.8. The number of hydrogen-bond donors (Lipinski definition) is 1. The number of nitrogens with zero attached hydrogens (tertiary/aromatic N) is 1. The lowest BCUT2D eigenvalue weighted by atomic mass is 10.2. The van der Waals surface area contributed by atoms with Gasteiger partial charge in [-0.05, 0) is 32.0 Å². The summed E-state index contributed by atoms with van der Waals surface area (Å²) in [6.45, 7) is 3.35. The molecule has 2 aromatic rings. The minimum Gasteiger partial charge on any atom is -0.466 e. The molecule has 6 heteroatoms. The average Bonchev–Trinajstić information content (AvgIpc) is 2.72. The zero-order chi connectivity index (χ0) is 14.7. The third kappa shape index (κ3) is 2.90. The molecule has 0 spiro atoms. The van der Waals surface area contributed by atoms with Gasteiger partial charge >= 0.3 is 0 Å². The second-order valence-electron chi connectivity index (χ2n) is 4.16. The average molecular weight is 278 g/mol. The highest BCUT2D eigenvalue weighted by atomic mass is 19.1. The third-order valence-electron chi connectivity index (χ3n) is 2.65. The zero-order valence-electron chi connectivity index (χ0n) is 10.9. The maximum absolute atomic E-state index is 13.3. The standard InChI is InChI=1S/C14H12F2N2O2/c1-8-6-10(9(2)20-8)14(19)18-17-7-11-12(15)4-3-5-13(11)16/h3-7H,1-2H3,(H,18,19). The number of carbonyl (C=O) groups is 1. The minimum absolute atomic E-state index is 0.312. The van der Waals surface area contributed by atoms with Gasteiger partial charge in [-0.1, -0.05) is 6.07 Å². The molecule has 1 aromatic carbocycles. The number of carbonyl (C=O) groups excluding carboxylic acids is 1. The molecule has 0 atom stereocenters. The molecule has 2 rings (SSSR count). The Hall–Kier alpha value is -2.50. The van der Waals surface area contributed by atoms with Crippen LogP contribution >= 0.6 is 0 Å². The van der Waals surface area contributed by atoms with Crippen LogP contribution < -0.4 is 5.43 Å². The second kappa shape index (κ2) is 5.64. The molecule has 0 saturated carbocycles. The molecular weight excluding hydrogens is 266 g/mol. The molecule has 1 N–H and O–H groups in total. The predicted octanol–water partition coefficient (Wildman–Crippen LogP) is 2.94. The SMILES string of the molecule is Cc1cc(C(=O)NN=Cc2c(F)cccc2F)c(C)o1. The summed E-state index contributed by atoms with van der Waals surface area (Å²) >= 11 is 0. The third-order valence-corrected chi connectivity index (χ3v) is 2.65. The maximum atomic E-state index is 13.3. The largest absolute Gasteiger partial charge is 0.466 e. The van der Waals surface area contributed by atoms with E-state index in [0.29, 0.717) is 17.1 Å². The number of aryl methyl sites for hydroxylation is 2. The topological polar surface area (TPSA) is 54.6 Å². The number of amides is 1. The first-order valence-corrected chi connectivity index (χ1v) is 5.83. The van der Waals surface area contributed by atoms with Crippen molar-refractivity contribution in [3.63, 3.8) is 0 Å². The van der Waals surface area contributed by atoms with Crippen molar-refractivity contribution in [1.29, 1.82) is 0 Å². The van der Waals surface area contributed by atoms with Crippen LogP contribution in [0.4, 0.5) is 8.78 Å². The predicted molar refractivity (Wildman–Crippen MR) is 69.6 cm³/mol. The summed E-state index contributed by atoms with van der Waals surface area (Å²) in [5, 5.41) is 3.54. The number of hydrogen-bond acceptors (Lipinski definition) is 3. The van der Waals surface area contributed by atoms with Crippen LogP contribution in [0, 0.1) is 25.5 Å². The van der Waals surface area contributed by atoms with Gasteiger partial charge in [0, 0.05) is 0 Å². The fraction of sp³-hybridized carbons (Fsp3) is 0.143. The van der Waals surface area contributed by atoms with E-state index in [1.807, 2.05) is 0 Å². The molecule has 4 nitrogen and oxygen atoms in total. The van der Waals surface area contributed by atoms with Crippen LogP contribution in [0.1, 0.15) is 27.4 Å². The molecule has 0 radical (unpaired) electrons. The highest BCUT2D eigenvalue weighted by molar-refractivity contribution is 5.95. The Morgan fingerprint density at radius 2 is 1.95 bits per heavy atom. The Morgan fingerprint density at radius 1 is 1.30 bits per heavy atom. The highest BCUT2D eigenvalue weighted by Gasteiger charge is 2.12. The monoisotopic (exact) mass is 278 g/mol. The van der Waals surface area contributed by atoms with E-state index in [0.717, 1.165) is 18.3 Å². The lowest BCUT2D eigenvalue weighted by Gasteiger charge is -1.99. The minimum atomic E-state index is -0.752. The number of halogens is 2. The van der Waals surface area contributed by atoms with E-state index < -0.39 is 17.5 Å².